The second-order valence-corrected chi connectivity index (χ2v) is 5.63. The van der Waals surface area contributed by atoms with Gasteiger partial charge in [0.2, 0.25) is 0 Å². The molecule has 2 atom stereocenters. The van der Waals surface area contributed by atoms with Gasteiger partial charge in [-0.05, 0) is 11.1 Å². The molecule has 0 aromatic heterocycles. The molecule has 2 rings (SSSR count). The van der Waals surface area contributed by atoms with Gasteiger partial charge in [0.25, 0.3) is 10.1 Å². The number of hydrogen-bond donors (Lipinski definition) is 0. The van der Waals surface area contributed by atoms with Gasteiger partial charge in [-0.25, -0.2) is 0 Å². The molecule has 1 aromatic carbocycles. The van der Waals surface area contributed by atoms with E-state index in [0.29, 0.717) is 6.42 Å². The highest BCUT2D eigenvalue weighted by Crippen LogP contribution is 2.35. The Labute approximate surface area is 90.2 Å². The lowest BCUT2D eigenvalue weighted by molar-refractivity contribution is 0.199. The fourth-order valence-corrected chi connectivity index (χ4v) is 2.78. The average Bonchev–Trinajstić information content (AvgIpc) is 2.42. The maximum Gasteiger partial charge on any atom is 0.264 e. The van der Waals surface area contributed by atoms with Crippen LogP contribution in [0, 0.1) is 0 Å². The Hall–Kier alpha value is -0.870. The predicted octanol–water partition coefficient (Wildman–Crippen LogP) is 1.69. The summed E-state index contributed by atoms with van der Waals surface area (Å²) in [5.74, 6) is 0.149. The van der Waals surface area contributed by atoms with E-state index in [2.05, 4.69) is 0 Å². The molecule has 4 heteroatoms. The molecule has 0 saturated heterocycles. The van der Waals surface area contributed by atoms with Crippen molar-refractivity contribution in [2.45, 2.75) is 25.4 Å². The molecule has 0 radical (unpaired) electrons. The minimum Gasteiger partial charge on any atom is -0.266 e. The molecule has 1 aromatic rings. The van der Waals surface area contributed by atoms with Crippen molar-refractivity contribution in [1.82, 2.24) is 0 Å². The summed E-state index contributed by atoms with van der Waals surface area (Å²) in [6, 6.07) is 8.00. The van der Waals surface area contributed by atoms with Crippen LogP contribution in [0.2, 0.25) is 0 Å². The van der Waals surface area contributed by atoms with Gasteiger partial charge in [0.1, 0.15) is 0 Å². The van der Waals surface area contributed by atoms with E-state index in [0.717, 1.165) is 6.26 Å². The third-order valence-corrected chi connectivity index (χ3v) is 3.42. The van der Waals surface area contributed by atoms with Gasteiger partial charge in [0.15, 0.2) is 0 Å². The van der Waals surface area contributed by atoms with E-state index in [9.17, 15) is 8.42 Å². The van der Waals surface area contributed by atoms with Gasteiger partial charge in [-0.15, -0.1) is 0 Å². The molecular weight excluding hydrogens is 212 g/mol. The van der Waals surface area contributed by atoms with Gasteiger partial charge in [-0.2, -0.15) is 8.42 Å². The predicted molar refractivity (Wildman–Crippen MR) is 58.3 cm³/mol. The van der Waals surface area contributed by atoms with Crippen molar-refractivity contribution >= 4 is 10.1 Å². The normalized spacial score (nSPS) is 25.2. The zero-order valence-corrected chi connectivity index (χ0v) is 9.62. The van der Waals surface area contributed by atoms with Crippen molar-refractivity contribution in [2.75, 3.05) is 6.26 Å². The van der Waals surface area contributed by atoms with Crippen molar-refractivity contribution in [2.24, 2.45) is 0 Å². The van der Waals surface area contributed by atoms with Crippen molar-refractivity contribution in [3.8, 4) is 0 Å². The van der Waals surface area contributed by atoms with E-state index in [1.807, 2.05) is 31.2 Å². The molecule has 0 bridgehead atoms. The first kappa shape index (κ1) is 10.6. The van der Waals surface area contributed by atoms with Crippen LogP contribution in [-0.4, -0.2) is 20.8 Å². The highest BCUT2D eigenvalue weighted by molar-refractivity contribution is 7.86. The molecule has 3 nitrogen and oxygen atoms in total. The molecule has 82 valence electrons. The first-order valence-corrected chi connectivity index (χ1v) is 6.75. The van der Waals surface area contributed by atoms with E-state index in [-0.39, 0.29) is 12.0 Å². The summed E-state index contributed by atoms with van der Waals surface area (Å²) in [5.41, 5.74) is 2.39. The van der Waals surface area contributed by atoms with Crippen molar-refractivity contribution < 1.29 is 12.6 Å². The van der Waals surface area contributed by atoms with Gasteiger partial charge in [0.05, 0.1) is 12.4 Å². The lowest BCUT2D eigenvalue weighted by Crippen LogP contribution is -2.20. The third-order valence-electron chi connectivity index (χ3n) is 2.82. The maximum atomic E-state index is 11.1. The van der Waals surface area contributed by atoms with Crippen LogP contribution in [0.3, 0.4) is 0 Å². The van der Waals surface area contributed by atoms with Crippen LogP contribution in [0.4, 0.5) is 0 Å². The number of benzene rings is 1. The Morgan fingerprint density at radius 2 is 2.00 bits per heavy atom. The molecule has 0 N–H and O–H groups in total. The van der Waals surface area contributed by atoms with Gasteiger partial charge in [-0.1, -0.05) is 31.2 Å². The highest BCUT2D eigenvalue weighted by atomic mass is 32.2. The Kier molecular flexibility index (Phi) is 2.56. The monoisotopic (exact) mass is 226 g/mol. The fraction of sp³-hybridized carbons (Fsp3) is 0.455. The summed E-state index contributed by atoms with van der Waals surface area (Å²) in [6.45, 7) is 2.00. The Bertz CT molecular complexity index is 464. The van der Waals surface area contributed by atoms with Crippen molar-refractivity contribution in [3.05, 3.63) is 35.4 Å². The number of rotatable bonds is 2. The van der Waals surface area contributed by atoms with Gasteiger partial charge >= 0.3 is 0 Å². The third kappa shape index (κ3) is 2.21. The SMILES string of the molecule is CC1c2ccccc2CC1OS(C)(=O)=O. The molecule has 0 fully saturated rings. The van der Waals surface area contributed by atoms with Crippen LogP contribution in [0.5, 0.6) is 0 Å². The molecule has 0 aliphatic heterocycles. The van der Waals surface area contributed by atoms with Crippen molar-refractivity contribution in [1.29, 1.82) is 0 Å². The lowest BCUT2D eigenvalue weighted by atomic mass is 10.0. The molecule has 0 spiro atoms. The molecular formula is C11H14O3S. The molecule has 0 amide bonds. The summed E-state index contributed by atoms with van der Waals surface area (Å²) in [7, 11) is -3.36. The molecule has 1 aliphatic carbocycles. The summed E-state index contributed by atoms with van der Waals surface area (Å²) in [4.78, 5) is 0. The summed E-state index contributed by atoms with van der Waals surface area (Å²) in [6.07, 6.45) is 1.55. The van der Waals surface area contributed by atoms with E-state index >= 15 is 0 Å². The second kappa shape index (κ2) is 3.61. The quantitative estimate of drug-likeness (QED) is 0.721. The second-order valence-electron chi connectivity index (χ2n) is 4.03. The lowest BCUT2D eigenvalue weighted by Gasteiger charge is -2.14. The van der Waals surface area contributed by atoms with Crippen LogP contribution < -0.4 is 0 Å². The minimum absolute atomic E-state index is 0.149. The Balaban J connectivity index is 2.24. The average molecular weight is 226 g/mol. The summed E-state index contributed by atoms with van der Waals surface area (Å²) >= 11 is 0. The number of hydrogen-bond acceptors (Lipinski definition) is 3. The van der Waals surface area contributed by atoms with Crippen LogP contribution >= 0.6 is 0 Å². The fourth-order valence-electron chi connectivity index (χ4n) is 2.10. The first-order chi connectivity index (χ1) is 6.97. The van der Waals surface area contributed by atoms with E-state index < -0.39 is 10.1 Å². The van der Waals surface area contributed by atoms with Gasteiger partial charge < -0.3 is 0 Å². The zero-order valence-electron chi connectivity index (χ0n) is 8.80. The number of fused-ring (bicyclic) bond motifs is 1. The van der Waals surface area contributed by atoms with Crippen LogP contribution in [0.15, 0.2) is 24.3 Å². The van der Waals surface area contributed by atoms with Crippen LogP contribution in [0.1, 0.15) is 24.0 Å². The molecule has 0 saturated carbocycles. The van der Waals surface area contributed by atoms with E-state index in [1.54, 1.807) is 0 Å². The van der Waals surface area contributed by atoms with E-state index in [4.69, 9.17) is 4.18 Å². The first-order valence-electron chi connectivity index (χ1n) is 4.93. The molecule has 2 unspecified atom stereocenters. The smallest absolute Gasteiger partial charge is 0.264 e. The van der Waals surface area contributed by atoms with Gasteiger partial charge in [-0.3, -0.25) is 4.18 Å². The Morgan fingerprint density at radius 3 is 2.60 bits per heavy atom. The molecule has 1 aliphatic rings. The minimum atomic E-state index is -3.36. The van der Waals surface area contributed by atoms with E-state index in [1.165, 1.54) is 11.1 Å². The Morgan fingerprint density at radius 1 is 1.33 bits per heavy atom. The molecule has 15 heavy (non-hydrogen) atoms. The largest absolute Gasteiger partial charge is 0.266 e. The topological polar surface area (TPSA) is 43.4 Å². The standard InChI is InChI=1S/C11H14O3S/c1-8-10-6-4-3-5-9(10)7-11(8)14-15(2,12)13/h3-6,8,11H,7H2,1-2H3. The van der Waals surface area contributed by atoms with Crippen molar-refractivity contribution in [3.63, 3.8) is 0 Å². The maximum absolute atomic E-state index is 11.1. The summed E-state index contributed by atoms with van der Waals surface area (Å²) in [5, 5.41) is 0. The zero-order chi connectivity index (χ0) is 11.1. The summed E-state index contributed by atoms with van der Waals surface area (Å²) < 4.78 is 27.2. The molecule has 0 heterocycles. The van der Waals surface area contributed by atoms with Crippen LogP contribution in [-0.2, 0) is 20.7 Å². The highest BCUT2D eigenvalue weighted by Gasteiger charge is 2.31. The van der Waals surface area contributed by atoms with Crippen LogP contribution in [0.25, 0.3) is 0 Å². The van der Waals surface area contributed by atoms with Gasteiger partial charge in [0, 0.05) is 12.3 Å².